The molecule has 2 N–H and O–H groups in total. The van der Waals surface area contributed by atoms with Crippen LogP contribution in [0.25, 0.3) is 10.9 Å². The van der Waals surface area contributed by atoms with Crippen molar-refractivity contribution >= 4 is 26.8 Å². The van der Waals surface area contributed by atoms with Crippen molar-refractivity contribution in [2.45, 2.75) is 68.7 Å². The number of aromatic amines is 1. The van der Waals surface area contributed by atoms with Gasteiger partial charge in [0.15, 0.2) is 0 Å². The second-order valence-electron chi connectivity index (χ2n) is 8.38. The number of rotatable bonds is 4. The lowest BCUT2D eigenvalue weighted by molar-refractivity contribution is 0.0932. The number of carbonyl (C=O) groups is 1. The summed E-state index contributed by atoms with van der Waals surface area (Å²) in [6.07, 6.45) is 9.34. The largest absolute Gasteiger partial charge is 0.349 e. The lowest BCUT2D eigenvalue weighted by Gasteiger charge is -2.21. The van der Waals surface area contributed by atoms with Gasteiger partial charge in [-0.2, -0.15) is 4.31 Å². The summed E-state index contributed by atoms with van der Waals surface area (Å²) in [6.45, 7) is 1.03. The molecule has 0 bridgehead atoms. The van der Waals surface area contributed by atoms with Crippen molar-refractivity contribution in [2.75, 3.05) is 13.1 Å². The summed E-state index contributed by atoms with van der Waals surface area (Å²) in [5.74, 6) is -0.313. The van der Waals surface area contributed by atoms with Gasteiger partial charge < -0.3 is 10.3 Å². The van der Waals surface area contributed by atoms with Gasteiger partial charge in [0, 0.05) is 36.1 Å². The number of hydrogen-bond acceptors (Lipinski definition) is 4. The second kappa shape index (κ2) is 8.89. The minimum absolute atomic E-state index is 0.0867. The van der Waals surface area contributed by atoms with Crippen molar-refractivity contribution in [3.8, 4) is 0 Å². The Bertz CT molecular complexity index is 1080. The molecule has 2 heterocycles. The first-order valence-electron chi connectivity index (χ1n) is 10.9. The molecule has 1 aromatic carbocycles. The topological polar surface area (TPSA) is 99.3 Å². The quantitative estimate of drug-likeness (QED) is 0.777. The van der Waals surface area contributed by atoms with Crippen molar-refractivity contribution in [1.29, 1.82) is 0 Å². The fourth-order valence-corrected chi connectivity index (χ4v) is 6.07. The number of carbonyl (C=O) groups excluding carboxylic acids is 1. The van der Waals surface area contributed by atoms with E-state index >= 15 is 0 Å². The summed E-state index contributed by atoms with van der Waals surface area (Å²) in [6, 6.07) is 5.96. The number of sulfonamides is 1. The zero-order valence-electron chi connectivity index (χ0n) is 17.2. The van der Waals surface area contributed by atoms with Crippen LogP contribution >= 0.6 is 0 Å². The lowest BCUT2D eigenvalue weighted by atomic mass is 9.96. The van der Waals surface area contributed by atoms with Crippen LogP contribution in [0.2, 0.25) is 0 Å². The fourth-order valence-electron chi connectivity index (χ4n) is 4.52. The van der Waals surface area contributed by atoms with Crippen molar-refractivity contribution in [3.05, 3.63) is 40.2 Å². The molecule has 7 nitrogen and oxygen atoms in total. The van der Waals surface area contributed by atoms with Gasteiger partial charge in [-0.1, -0.05) is 32.1 Å². The SMILES string of the molecule is O=C(NC1CCCCCCC1)c1cc(=O)[nH]c2ccc(S(=O)(=O)N3CCCC3)cc12. The highest BCUT2D eigenvalue weighted by Gasteiger charge is 2.28. The molecule has 0 spiro atoms. The molecule has 1 aliphatic carbocycles. The van der Waals surface area contributed by atoms with E-state index < -0.39 is 10.0 Å². The highest BCUT2D eigenvalue weighted by Crippen LogP contribution is 2.25. The minimum atomic E-state index is -3.61. The summed E-state index contributed by atoms with van der Waals surface area (Å²) in [4.78, 5) is 28.1. The fraction of sp³-hybridized carbons (Fsp3) is 0.545. The number of H-pyrrole nitrogens is 1. The summed E-state index contributed by atoms with van der Waals surface area (Å²) in [5, 5.41) is 3.54. The normalized spacial score (nSPS) is 19.5. The third-order valence-electron chi connectivity index (χ3n) is 6.20. The zero-order chi connectivity index (χ0) is 21.1. The van der Waals surface area contributed by atoms with Crippen LogP contribution < -0.4 is 10.9 Å². The molecule has 8 heteroatoms. The van der Waals surface area contributed by atoms with E-state index in [4.69, 9.17) is 0 Å². The molecule has 0 atom stereocenters. The maximum absolute atomic E-state index is 13.1. The van der Waals surface area contributed by atoms with E-state index in [1.807, 2.05) is 0 Å². The van der Waals surface area contributed by atoms with Gasteiger partial charge >= 0.3 is 0 Å². The molecule has 1 aliphatic heterocycles. The number of amides is 1. The number of nitrogens with one attached hydrogen (secondary N) is 2. The standard InChI is InChI=1S/C22H29N3O4S/c26-21-15-19(22(27)23-16-8-4-2-1-3-5-9-16)18-14-17(10-11-20(18)24-21)30(28,29)25-12-6-7-13-25/h10-11,14-16H,1-9,12-13H2,(H,23,27)(H,24,26). The van der Waals surface area contributed by atoms with Gasteiger partial charge in [0.1, 0.15) is 0 Å². The van der Waals surface area contributed by atoms with Crippen LogP contribution in [0.15, 0.2) is 34.0 Å². The van der Waals surface area contributed by atoms with Gasteiger partial charge in [-0.25, -0.2) is 8.42 Å². The highest BCUT2D eigenvalue weighted by atomic mass is 32.2. The summed E-state index contributed by atoms with van der Waals surface area (Å²) in [5.41, 5.74) is 0.320. The van der Waals surface area contributed by atoms with Crippen molar-refractivity contribution in [3.63, 3.8) is 0 Å². The van der Waals surface area contributed by atoms with E-state index in [2.05, 4.69) is 10.3 Å². The second-order valence-corrected chi connectivity index (χ2v) is 10.3. The van der Waals surface area contributed by atoms with Crippen LogP contribution in [0.3, 0.4) is 0 Å². The Morgan fingerprint density at radius 1 is 0.967 bits per heavy atom. The zero-order valence-corrected chi connectivity index (χ0v) is 18.0. The molecule has 2 aromatic rings. The Hall–Kier alpha value is -2.19. The first-order valence-corrected chi connectivity index (χ1v) is 12.4. The Morgan fingerprint density at radius 3 is 2.33 bits per heavy atom. The van der Waals surface area contributed by atoms with Crippen molar-refractivity contribution in [2.24, 2.45) is 0 Å². The van der Waals surface area contributed by atoms with E-state index in [9.17, 15) is 18.0 Å². The van der Waals surface area contributed by atoms with Crippen LogP contribution in [-0.4, -0.2) is 42.7 Å². The smallest absolute Gasteiger partial charge is 0.252 e. The molecule has 4 rings (SSSR count). The average molecular weight is 432 g/mol. The minimum Gasteiger partial charge on any atom is -0.349 e. The molecular weight excluding hydrogens is 402 g/mol. The monoisotopic (exact) mass is 431 g/mol. The molecule has 2 fully saturated rings. The molecule has 0 unspecified atom stereocenters. The third-order valence-corrected chi connectivity index (χ3v) is 8.10. The first-order chi connectivity index (χ1) is 14.4. The summed E-state index contributed by atoms with van der Waals surface area (Å²) in [7, 11) is -3.61. The van der Waals surface area contributed by atoms with Gasteiger partial charge in [0.2, 0.25) is 15.6 Å². The van der Waals surface area contributed by atoms with Gasteiger partial charge in [-0.3, -0.25) is 9.59 Å². The Kier molecular flexibility index (Phi) is 6.24. The van der Waals surface area contributed by atoms with E-state index in [0.29, 0.717) is 24.0 Å². The van der Waals surface area contributed by atoms with Crippen LogP contribution in [0.1, 0.15) is 68.1 Å². The van der Waals surface area contributed by atoms with Gasteiger partial charge in [0.05, 0.1) is 10.5 Å². The molecule has 162 valence electrons. The van der Waals surface area contributed by atoms with E-state index in [1.165, 1.54) is 41.8 Å². The van der Waals surface area contributed by atoms with E-state index in [0.717, 1.165) is 38.5 Å². The molecule has 2 aliphatic rings. The maximum atomic E-state index is 13.1. The Morgan fingerprint density at radius 2 is 1.63 bits per heavy atom. The van der Waals surface area contributed by atoms with Crippen molar-refractivity contribution < 1.29 is 13.2 Å². The Balaban J connectivity index is 1.68. The van der Waals surface area contributed by atoms with Crippen molar-refractivity contribution in [1.82, 2.24) is 14.6 Å². The highest BCUT2D eigenvalue weighted by molar-refractivity contribution is 7.89. The van der Waals surface area contributed by atoms with Gasteiger partial charge in [-0.15, -0.1) is 0 Å². The first kappa shape index (κ1) is 21.1. The van der Waals surface area contributed by atoms with Gasteiger partial charge in [0.25, 0.3) is 5.91 Å². The molecular formula is C22H29N3O4S. The van der Waals surface area contributed by atoms with Crippen LogP contribution in [0.5, 0.6) is 0 Å². The lowest BCUT2D eigenvalue weighted by Crippen LogP contribution is -2.36. The molecule has 1 aromatic heterocycles. The summed E-state index contributed by atoms with van der Waals surface area (Å²) >= 11 is 0. The number of nitrogens with zero attached hydrogens (tertiary/aromatic N) is 1. The van der Waals surface area contributed by atoms with E-state index in [-0.39, 0.29) is 28.0 Å². The maximum Gasteiger partial charge on any atom is 0.252 e. The van der Waals surface area contributed by atoms with Crippen LogP contribution in [0, 0.1) is 0 Å². The average Bonchev–Trinajstić information content (AvgIpc) is 3.24. The molecule has 0 radical (unpaired) electrons. The number of benzene rings is 1. The summed E-state index contributed by atoms with van der Waals surface area (Å²) < 4.78 is 27.4. The predicted molar refractivity (Wildman–Crippen MR) is 116 cm³/mol. The number of aromatic nitrogens is 1. The van der Waals surface area contributed by atoms with E-state index in [1.54, 1.807) is 6.07 Å². The number of hydrogen-bond donors (Lipinski definition) is 2. The Labute approximate surface area is 176 Å². The molecule has 1 saturated carbocycles. The van der Waals surface area contributed by atoms with Crippen LogP contribution in [-0.2, 0) is 10.0 Å². The number of pyridine rings is 1. The van der Waals surface area contributed by atoms with Crippen LogP contribution in [0.4, 0.5) is 0 Å². The van der Waals surface area contributed by atoms with Gasteiger partial charge in [-0.05, 0) is 43.9 Å². The number of fused-ring (bicyclic) bond motifs is 1. The predicted octanol–water partition coefficient (Wildman–Crippen LogP) is 3.16. The molecule has 1 amide bonds. The molecule has 30 heavy (non-hydrogen) atoms. The molecule has 1 saturated heterocycles. The third kappa shape index (κ3) is 4.44.